The van der Waals surface area contributed by atoms with Gasteiger partial charge in [0.15, 0.2) is 5.71 Å². The van der Waals surface area contributed by atoms with Crippen LogP contribution in [-0.4, -0.2) is 12.8 Å². The van der Waals surface area contributed by atoms with Gasteiger partial charge in [-0.05, 0) is 36.4 Å². The summed E-state index contributed by atoms with van der Waals surface area (Å²) in [7, 11) is 1.39. The second-order valence-electron chi connectivity index (χ2n) is 3.79. The lowest BCUT2D eigenvalue weighted by Crippen LogP contribution is -2.01. The molecule has 0 fully saturated rings. The lowest BCUT2D eigenvalue weighted by Gasteiger charge is -2.09. The highest BCUT2D eigenvalue weighted by atomic mass is 35.5. The lowest BCUT2D eigenvalue weighted by atomic mass is 10.1. The van der Waals surface area contributed by atoms with Gasteiger partial charge in [-0.1, -0.05) is 28.9 Å². The Bertz CT molecular complexity index is 660. The van der Waals surface area contributed by atoms with Crippen LogP contribution in [0.15, 0.2) is 53.7 Å². The second-order valence-corrected chi connectivity index (χ2v) is 4.22. The van der Waals surface area contributed by atoms with Gasteiger partial charge in [0.2, 0.25) is 0 Å². The zero-order valence-corrected chi connectivity index (χ0v) is 11.5. The third kappa shape index (κ3) is 3.28. The highest BCUT2D eigenvalue weighted by molar-refractivity contribution is 6.30. The van der Waals surface area contributed by atoms with Gasteiger partial charge in [0.1, 0.15) is 24.7 Å². The maximum atomic E-state index is 9.10. The van der Waals surface area contributed by atoms with Gasteiger partial charge >= 0.3 is 0 Å². The average molecular weight is 287 g/mol. The summed E-state index contributed by atoms with van der Waals surface area (Å²) in [6.45, 7) is 0. The Morgan fingerprint density at radius 2 is 1.85 bits per heavy atom. The average Bonchev–Trinajstić information content (AvgIpc) is 2.48. The third-order valence-corrected chi connectivity index (χ3v) is 2.72. The van der Waals surface area contributed by atoms with Crippen molar-refractivity contribution in [3.63, 3.8) is 0 Å². The molecule has 2 rings (SSSR count). The number of para-hydroxylation sites is 1. The van der Waals surface area contributed by atoms with Gasteiger partial charge in [-0.15, -0.1) is 0 Å². The van der Waals surface area contributed by atoms with E-state index >= 15 is 0 Å². The number of ether oxygens (including phenoxy) is 1. The second kappa shape index (κ2) is 6.60. The summed E-state index contributed by atoms with van der Waals surface area (Å²) in [6.07, 6.45) is 0. The van der Waals surface area contributed by atoms with E-state index in [1.165, 1.54) is 7.11 Å². The van der Waals surface area contributed by atoms with E-state index in [0.29, 0.717) is 22.1 Å². The van der Waals surface area contributed by atoms with E-state index in [0.717, 1.165) is 0 Å². The fourth-order valence-electron chi connectivity index (χ4n) is 1.60. The molecule has 0 N–H and O–H groups in total. The number of nitriles is 1. The fraction of sp³-hybridized carbons (Fsp3) is 0.0667. The molecule has 0 aromatic heterocycles. The van der Waals surface area contributed by atoms with Crippen molar-refractivity contribution in [2.45, 2.75) is 0 Å². The number of rotatable bonds is 4. The Hall–Kier alpha value is -2.51. The smallest absolute Gasteiger partial charge is 0.190 e. The zero-order valence-electron chi connectivity index (χ0n) is 10.7. The molecule has 0 heterocycles. The largest absolute Gasteiger partial charge is 0.457 e. The van der Waals surface area contributed by atoms with Crippen LogP contribution in [0.25, 0.3) is 0 Å². The van der Waals surface area contributed by atoms with Gasteiger partial charge < -0.3 is 9.57 Å². The molecular formula is C15H11ClN2O2. The number of benzene rings is 2. The minimum absolute atomic E-state index is 0.150. The first-order valence-corrected chi connectivity index (χ1v) is 6.16. The highest BCUT2D eigenvalue weighted by Gasteiger charge is 2.11. The number of hydrogen-bond donors (Lipinski definition) is 0. The highest BCUT2D eigenvalue weighted by Crippen LogP contribution is 2.26. The van der Waals surface area contributed by atoms with E-state index in [1.54, 1.807) is 42.5 Å². The van der Waals surface area contributed by atoms with Gasteiger partial charge in [0, 0.05) is 5.02 Å². The predicted octanol–water partition coefficient (Wildman–Crippen LogP) is 4.01. The van der Waals surface area contributed by atoms with Crippen LogP contribution < -0.4 is 4.74 Å². The maximum absolute atomic E-state index is 9.10. The standard InChI is InChI=1S/C15H11ClN2O2/c1-19-18-14(10-17)13-4-2-3-5-15(13)20-12-8-6-11(16)7-9-12/h2-9H,1H3/b18-14-. The molecule has 0 aliphatic carbocycles. The molecule has 0 aliphatic heterocycles. The summed E-state index contributed by atoms with van der Waals surface area (Å²) in [5, 5.41) is 13.4. The molecule has 20 heavy (non-hydrogen) atoms. The first-order chi connectivity index (χ1) is 9.74. The number of halogens is 1. The Balaban J connectivity index is 2.35. The third-order valence-electron chi connectivity index (χ3n) is 2.47. The van der Waals surface area contributed by atoms with Crippen molar-refractivity contribution in [1.29, 1.82) is 5.26 Å². The quantitative estimate of drug-likeness (QED) is 0.630. The van der Waals surface area contributed by atoms with Crippen LogP contribution in [0.4, 0.5) is 0 Å². The zero-order chi connectivity index (χ0) is 14.4. The summed E-state index contributed by atoms with van der Waals surface area (Å²) < 4.78 is 5.75. The van der Waals surface area contributed by atoms with E-state index in [4.69, 9.17) is 21.6 Å². The first-order valence-electron chi connectivity index (χ1n) is 5.78. The number of nitrogens with zero attached hydrogens (tertiary/aromatic N) is 2. The Morgan fingerprint density at radius 3 is 2.50 bits per heavy atom. The number of hydrogen-bond acceptors (Lipinski definition) is 4. The van der Waals surface area contributed by atoms with Crippen molar-refractivity contribution < 1.29 is 9.57 Å². The van der Waals surface area contributed by atoms with Crippen LogP contribution in [0.1, 0.15) is 5.56 Å². The molecule has 2 aromatic rings. The molecule has 0 bridgehead atoms. The monoisotopic (exact) mass is 286 g/mol. The molecule has 2 aromatic carbocycles. The molecule has 4 nitrogen and oxygen atoms in total. The van der Waals surface area contributed by atoms with Crippen molar-refractivity contribution >= 4 is 17.3 Å². The van der Waals surface area contributed by atoms with Crippen molar-refractivity contribution in [3.8, 4) is 17.6 Å². The van der Waals surface area contributed by atoms with Crippen molar-refractivity contribution in [2.24, 2.45) is 5.16 Å². The van der Waals surface area contributed by atoms with Gasteiger partial charge in [0.05, 0.1) is 5.56 Å². The molecule has 0 aliphatic rings. The SMILES string of the molecule is CO/N=C(/C#N)c1ccccc1Oc1ccc(Cl)cc1. The van der Waals surface area contributed by atoms with Gasteiger partial charge in [-0.3, -0.25) is 0 Å². The van der Waals surface area contributed by atoms with E-state index < -0.39 is 0 Å². The van der Waals surface area contributed by atoms with Crippen LogP contribution in [0.5, 0.6) is 11.5 Å². The molecule has 0 unspecified atom stereocenters. The van der Waals surface area contributed by atoms with E-state index in [1.807, 2.05) is 12.1 Å². The normalized spacial score (nSPS) is 10.8. The summed E-state index contributed by atoms with van der Waals surface area (Å²) in [5.74, 6) is 1.14. The van der Waals surface area contributed by atoms with E-state index in [-0.39, 0.29) is 5.71 Å². The van der Waals surface area contributed by atoms with Crippen LogP contribution >= 0.6 is 11.6 Å². The van der Waals surface area contributed by atoms with Crippen molar-refractivity contribution in [2.75, 3.05) is 7.11 Å². The van der Waals surface area contributed by atoms with Crippen molar-refractivity contribution in [1.82, 2.24) is 0 Å². The topological polar surface area (TPSA) is 54.6 Å². The van der Waals surface area contributed by atoms with Gasteiger partial charge in [-0.2, -0.15) is 5.26 Å². The Labute approximate surface area is 121 Å². The molecule has 100 valence electrons. The molecule has 0 amide bonds. The van der Waals surface area contributed by atoms with Crippen LogP contribution in [0, 0.1) is 11.3 Å². The molecule has 0 saturated carbocycles. The fourth-order valence-corrected chi connectivity index (χ4v) is 1.73. The van der Waals surface area contributed by atoms with Crippen LogP contribution in [-0.2, 0) is 4.84 Å². The van der Waals surface area contributed by atoms with E-state index in [9.17, 15) is 0 Å². The van der Waals surface area contributed by atoms with Crippen LogP contribution in [0.2, 0.25) is 5.02 Å². The minimum Gasteiger partial charge on any atom is -0.457 e. The summed E-state index contributed by atoms with van der Waals surface area (Å²) in [4.78, 5) is 4.66. The minimum atomic E-state index is 0.150. The Kier molecular flexibility index (Phi) is 4.59. The van der Waals surface area contributed by atoms with Crippen molar-refractivity contribution in [3.05, 3.63) is 59.1 Å². The summed E-state index contributed by atoms with van der Waals surface area (Å²) in [6, 6.07) is 16.0. The molecule has 0 spiro atoms. The maximum Gasteiger partial charge on any atom is 0.190 e. The predicted molar refractivity (Wildman–Crippen MR) is 77.1 cm³/mol. The van der Waals surface area contributed by atoms with E-state index in [2.05, 4.69) is 9.99 Å². The summed E-state index contributed by atoms with van der Waals surface area (Å²) >= 11 is 5.83. The molecule has 5 heteroatoms. The van der Waals surface area contributed by atoms with Gasteiger partial charge in [-0.25, -0.2) is 0 Å². The Morgan fingerprint density at radius 1 is 1.15 bits per heavy atom. The summed E-state index contributed by atoms with van der Waals surface area (Å²) in [5.41, 5.74) is 0.712. The lowest BCUT2D eigenvalue weighted by molar-refractivity contribution is 0.214. The van der Waals surface area contributed by atoms with Crippen LogP contribution in [0.3, 0.4) is 0 Å². The molecule has 0 saturated heterocycles. The molecule has 0 radical (unpaired) electrons. The van der Waals surface area contributed by atoms with Gasteiger partial charge in [0.25, 0.3) is 0 Å². The molecular weight excluding hydrogens is 276 g/mol. The molecule has 0 atom stereocenters. The number of oxime groups is 1. The first kappa shape index (κ1) is 13.9.